The van der Waals surface area contributed by atoms with Gasteiger partial charge < -0.3 is 10.2 Å². The third-order valence-electron chi connectivity index (χ3n) is 2.73. The average Bonchev–Trinajstić information content (AvgIpc) is 2.34. The molecule has 0 aromatic carbocycles. The van der Waals surface area contributed by atoms with Crippen LogP contribution in [0.3, 0.4) is 0 Å². The molecule has 0 aliphatic carbocycles. The SMILES string of the molecule is CCCCCCCCCCCCOS(=O)(=O)O.O=C(O)O.[NaH].[NaH]. The van der Waals surface area contributed by atoms with Crippen molar-refractivity contribution < 1.29 is 32.2 Å². The van der Waals surface area contributed by atoms with Crippen LogP contribution in [0.15, 0.2) is 0 Å². The predicted octanol–water partition coefficient (Wildman–Crippen LogP) is 2.65. The Balaban J connectivity index is -0.000000268. The quantitative estimate of drug-likeness (QED) is 0.272. The van der Waals surface area contributed by atoms with Gasteiger partial charge in [0.25, 0.3) is 0 Å². The van der Waals surface area contributed by atoms with E-state index in [1.165, 1.54) is 44.9 Å². The Hall–Kier alpha value is 1.14. The average molecular weight is 376 g/mol. The van der Waals surface area contributed by atoms with Gasteiger partial charge >= 0.3 is 75.7 Å². The van der Waals surface area contributed by atoms with Crippen molar-refractivity contribution in [1.82, 2.24) is 0 Å². The first-order valence-electron chi connectivity index (χ1n) is 7.33. The number of carbonyl (C=O) groups is 1. The number of unbranched alkanes of at least 4 members (excludes halogenated alkanes) is 9. The fourth-order valence-electron chi connectivity index (χ4n) is 1.75. The Bertz CT molecular complexity index is 333. The van der Waals surface area contributed by atoms with E-state index < -0.39 is 16.6 Å². The van der Waals surface area contributed by atoms with Crippen LogP contribution in [0.5, 0.6) is 0 Å². The minimum atomic E-state index is -4.23. The molecule has 0 aliphatic rings. The summed E-state index contributed by atoms with van der Waals surface area (Å²) in [6.45, 7) is 2.31. The van der Waals surface area contributed by atoms with Gasteiger partial charge in [-0.05, 0) is 6.42 Å². The van der Waals surface area contributed by atoms with E-state index in [4.69, 9.17) is 19.6 Å². The van der Waals surface area contributed by atoms with E-state index in [1.54, 1.807) is 0 Å². The molecule has 0 heterocycles. The van der Waals surface area contributed by atoms with E-state index >= 15 is 0 Å². The zero-order valence-corrected chi connectivity index (χ0v) is 13.5. The molecule has 0 aliphatic heterocycles. The van der Waals surface area contributed by atoms with Gasteiger partial charge in [0.1, 0.15) is 0 Å². The Morgan fingerprint density at radius 1 is 0.826 bits per heavy atom. The standard InChI is InChI=1S/C12H26O4S.CH2O3.2Na.2H/c1-2-3-4-5-6-7-8-9-10-11-12-16-17(13,14)15;2-1(3)4;;;;/h2-12H2,1H3,(H,13,14,15);(H2,2,3,4);;;;. The summed E-state index contributed by atoms with van der Waals surface area (Å²) in [7, 11) is -4.23. The maximum atomic E-state index is 10.2. The van der Waals surface area contributed by atoms with Crippen molar-refractivity contribution >= 4 is 75.7 Å². The third-order valence-corrected chi connectivity index (χ3v) is 3.19. The second-order valence-corrected chi connectivity index (χ2v) is 5.81. The number of rotatable bonds is 12. The fourth-order valence-corrected chi connectivity index (χ4v) is 2.08. The molecule has 10 heteroatoms. The summed E-state index contributed by atoms with van der Waals surface area (Å²) in [6, 6.07) is 0. The van der Waals surface area contributed by atoms with Crippen molar-refractivity contribution in [1.29, 1.82) is 0 Å². The van der Waals surface area contributed by atoms with Gasteiger partial charge in [-0.25, -0.2) is 8.98 Å². The molecule has 23 heavy (non-hydrogen) atoms. The van der Waals surface area contributed by atoms with Crippen LogP contribution in [0.2, 0.25) is 0 Å². The van der Waals surface area contributed by atoms with Crippen molar-refractivity contribution in [3.05, 3.63) is 0 Å². The van der Waals surface area contributed by atoms with Crippen LogP contribution in [-0.2, 0) is 14.6 Å². The zero-order valence-electron chi connectivity index (χ0n) is 12.7. The van der Waals surface area contributed by atoms with Crippen LogP contribution in [0.4, 0.5) is 4.79 Å². The number of hydrogen-bond donors (Lipinski definition) is 3. The molecule has 0 bridgehead atoms. The summed E-state index contributed by atoms with van der Waals surface area (Å²) in [5.74, 6) is 0. The Morgan fingerprint density at radius 2 is 1.13 bits per heavy atom. The van der Waals surface area contributed by atoms with E-state index in [9.17, 15) is 8.42 Å². The van der Waals surface area contributed by atoms with Crippen molar-refractivity contribution in [2.75, 3.05) is 6.61 Å². The van der Waals surface area contributed by atoms with Gasteiger partial charge in [0, 0.05) is 0 Å². The van der Waals surface area contributed by atoms with Crippen molar-refractivity contribution in [2.45, 2.75) is 71.1 Å². The van der Waals surface area contributed by atoms with Gasteiger partial charge in [0.05, 0.1) is 6.61 Å². The summed E-state index contributed by atoms with van der Waals surface area (Å²) in [5.41, 5.74) is 0. The van der Waals surface area contributed by atoms with E-state index in [1.807, 2.05) is 0 Å². The van der Waals surface area contributed by atoms with E-state index in [2.05, 4.69) is 11.1 Å². The molecular weight excluding hydrogens is 346 g/mol. The maximum absolute atomic E-state index is 10.2. The normalized spacial score (nSPS) is 9.83. The number of hydrogen-bond acceptors (Lipinski definition) is 4. The summed E-state index contributed by atoms with van der Waals surface area (Å²) < 4.78 is 33.0. The summed E-state index contributed by atoms with van der Waals surface area (Å²) >= 11 is 0. The molecule has 3 N–H and O–H groups in total. The van der Waals surface area contributed by atoms with Crippen LogP contribution in [0.25, 0.3) is 0 Å². The summed E-state index contributed by atoms with van der Waals surface area (Å²) in [4.78, 5) is 8.56. The van der Waals surface area contributed by atoms with E-state index in [0.29, 0.717) is 6.42 Å². The molecule has 7 nitrogen and oxygen atoms in total. The summed E-state index contributed by atoms with van der Waals surface area (Å²) in [5, 5.41) is 13.9. The minimum absolute atomic E-state index is 0. The molecule has 0 unspecified atom stereocenters. The molecule has 0 fully saturated rings. The molecule has 0 atom stereocenters. The fraction of sp³-hybridized carbons (Fsp3) is 0.923. The molecule has 0 amide bonds. The third kappa shape index (κ3) is 45.1. The molecule has 0 radical (unpaired) electrons. The second-order valence-electron chi connectivity index (χ2n) is 4.71. The van der Waals surface area contributed by atoms with Gasteiger partial charge in [-0.1, -0.05) is 64.7 Å². The van der Waals surface area contributed by atoms with E-state index in [0.717, 1.165) is 12.8 Å². The Labute approximate surface area is 184 Å². The van der Waals surface area contributed by atoms with Gasteiger partial charge in [-0.15, -0.1) is 0 Å². The Kier molecular flexibility index (Phi) is 32.1. The molecule has 132 valence electrons. The van der Waals surface area contributed by atoms with Gasteiger partial charge in [0.2, 0.25) is 0 Å². The van der Waals surface area contributed by atoms with Crippen LogP contribution >= 0.6 is 0 Å². The molecule has 0 rings (SSSR count). The van der Waals surface area contributed by atoms with Crippen LogP contribution in [0.1, 0.15) is 71.1 Å². The van der Waals surface area contributed by atoms with Gasteiger partial charge in [0.15, 0.2) is 0 Å². The van der Waals surface area contributed by atoms with Crippen molar-refractivity contribution in [3.8, 4) is 0 Å². The molecular formula is C13H30Na2O7S. The number of carboxylic acid groups (broad SMARTS) is 2. The van der Waals surface area contributed by atoms with Crippen molar-refractivity contribution in [3.63, 3.8) is 0 Å². The molecule has 0 aromatic heterocycles. The van der Waals surface area contributed by atoms with E-state index in [-0.39, 0.29) is 65.7 Å². The second kappa shape index (κ2) is 23.1. The van der Waals surface area contributed by atoms with Gasteiger partial charge in [-0.3, -0.25) is 4.55 Å². The topological polar surface area (TPSA) is 121 Å². The molecule has 0 saturated heterocycles. The predicted molar refractivity (Wildman–Crippen MR) is 94.3 cm³/mol. The molecule has 0 spiro atoms. The first-order chi connectivity index (χ1) is 9.79. The van der Waals surface area contributed by atoms with Crippen LogP contribution in [-0.4, -0.2) is 95.1 Å². The van der Waals surface area contributed by atoms with Gasteiger partial charge in [-0.2, -0.15) is 8.42 Å². The van der Waals surface area contributed by atoms with Crippen LogP contribution < -0.4 is 0 Å². The Morgan fingerprint density at radius 3 is 1.43 bits per heavy atom. The zero-order chi connectivity index (χ0) is 16.6. The first-order valence-corrected chi connectivity index (χ1v) is 8.69. The first kappa shape index (κ1) is 31.9. The monoisotopic (exact) mass is 376 g/mol. The summed E-state index contributed by atoms with van der Waals surface area (Å²) in [6.07, 6.45) is 10.0. The molecule has 0 aromatic rings. The van der Waals surface area contributed by atoms with Crippen LogP contribution in [0, 0.1) is 0 Å². The van der Waals surface area contributed by atoms with Crippen molar-refractivity contribution in [2.24, 2.45) is 0 Å². The molecule has 0 saturated carbocycles.